The van der Waals surface area contributed by atoms with Crippen LogP contribution in [-0.2, 0) is 0 Å². The lowest BCUT2D eigenvalue weighted by Crippen LogP contribution is -2.21. The van der Waals surface area contributed by atoms with E-state index in [4.69, 9.17) is 4.42 Å². The molecule has 2 aromatic rings. The van der Waals surface area contributed by atoms with E-state index in [0.29, 0.717) is 35.0 Å². The van der Waals surface area contributed by atoms with Crippen molar-refractivity contribution in [2.75, 3.05) is 18.4 Å². The first-order valence-corrected chi connectivity index (χ1v) is 6.25. The van der Waals surface area contributed by atoms with E-state index in [1.165, 1.54) is 6.07 Å². The third-order valence-electron chi connectivity index (χ3n) is 3.98. The topological polar surface area (TPSA) is 93.2 Å². The van der Waals surface area contributed by atoms with Crippen LogP contribution in [0.1, 0.15) is 0 Å². The number of oxazole rings is 1. The van der Waals surface area contributed by atoms with E-state index in [9.17, 15) is 10.1 Å². The van der Waals surface area contributed by atoms with Gasteiger partial charge in [-0.3, -0.25) is 10.1 Å². The van der Waals surface area contributed by atoms with Crippen LogP contribution in [0.2, 0.25) is 0 Å². The Morgan fingerprint density at radius 3 is 2.95 bits per heavy atom. The van der Waals surface area contributed by atoms with Crippen LogP contribution in [0, 0.1) is 22.0 Å². The first-order valence-electron chi connectivity index (χ1n) is 6.25. The molecule has 1 aromatic heterocycles. The molecule has 2 N–H and O–H groups in total. The van der Waals surface area contributed by atoms with Gasteiger partial charge in [-0.1, -0.05) is 6.07 Å². The average molecular weight is 260 g/mol. The second-order valence-corrected chi connectivity index (χ2v) is 5.06. The lowest BCUT2D eigenvalue weighted by Gasteiger charge is -2.03. The highest BCUT2D eigenvalue weighted by atomic mass is 16.6. The highest BCUT2D eigenvalue weighted by Crippen LogP contribution is 2.44. The summed E-state index contributed by atoms with van der Waals surface area (Å²) in [6.07, 6.45) is 0. The van der Waals surface area contributed by atoms with Crippen molar-refractivity contribution in [3.63, 3.8) is 0 Å². The number of para-hydroxylation sites is 1. The summed E-state index contributed by atoms with van der Waals surface area (Å²) < 4.78 is 5.53. The normalized spacial score (nSPS) is 28.3. The Morgan fingerprint density at radius 2 is 2.21 bits per heavy atom. The number of rotatable bonds is 3. The first kappa shape index (κ1) is 10.7. The van der Waals surface area contributed by atoms with Crippen LogP contribution < -0.4 is 10.6 Å². The van der Waals surface area contributed by atoms with E-state index in [1.807, 2.05) is 0 Å². The summed E-state index contributed by atoms with van der Waals surface area (Å²) in [5.74, 6) is 1.26. The molecule has 1 aliphatic carbocycles. The number of fused-ring (bicyclic) bond motifs is 2. The van der Waals surface area contributed by atoms with E-state index in [0.717, 1.165) is 13.1 Å². The Labute approximate surface area is 108 Å². The molecular formula is C12H12N4O3. The molecular weight excluding hydrogens is 248 g/mol. The highest BCUT2D eigenvalue weighted by Gasteiger charge is 2.53. The van der Waals surface area contributed by atoms with Crippen molar-refractivity contribution in [2.45, 2.75) is 6.04 Å². The van der Waals surface area contributed by atoms with E-state index >= 15 is 0 Å². The Balaban J connectivity index is 1.65. The maximum Gasteiger partial charge on any atom is 0.298 e. The van der Waals surface area contributed by atoms with Crippen LogP contribution in [0.4, 0.5) is 11.7 Å². The van der Waals surface area contributed by atoms with Crippen LogP contribution in [0.15, 0.2) is 22.6 Å². The summed E-state index contributed by atoms with van der Waals surface area (Å²) >= 11 is 0. The Kier molecular flexibility index (Phi) is 2.08. The molecule has 7 heteroatoms. The molecule has 1 aromatic carbocycles. The number of anilines is 1. The number of nitrogens with one attached hydrogen (secondary N) is 2. The predicted octanol–water partition coefficient (Wildman–Crippen LogP) is 1.37. The lowest BCUT2D eigenvalue weighted by molar-refractivity contribution is -0.383. The van der Waals surface area contributed by atoms with E-state index in [-0.39, 0.29) is 5.69 Å². The molecule has 1 saturated heterocycles. The molecule has 0 bridgehead atoms. The van der Waals surface area contributed by atoms with Crippen molar-refractivity contribution in [3.05, 3.63) is 28.3 Å². The maximum absolute atomic E-state index is 10.9. The maximum atomic E-state index is 10.9. The Hall–Kier alpha value is -2.15. The first-order chi connectivity index (χ1) is 9.24. The lowest BCUT2D eigenvalue weighted by atomic mass is 10.3. The van der Waals surface area contributed by atoms with Gasteiger partial charge in [-0.25, -0.2) is 0 Å². The van der Waals surface area contributed by atoms with Crippen molar-refractivity contribution in [2.24, 2.45) is 11.8 Å². The fraction of sp³-hybridized carbons (Fsp3) is 0.417. The second-order valence-electron chi connectivity index (χ2n) is 5.06. The SMILES string of the molecule is O=[N+]([O-])c1cccc2oc(NC3C4CNCC43)nc12. The Morgan fingerprint density at radius 1 is 1.42 bits per heavy atom. The van der Waals surface area contributed by atoms with Gasteiger partial charge in [0.05, 0.1) is 4.92 Å². The van der Waals surface area contributed by atoms with Gasteiger partial charge in [0.1, 0.15) is 0 Å². The summed E-state index contributed by atoms with van der Waals surface area (Å²) in [5.41, 5.74) is 0.728. The molecule has 1 saturated carbocycles. The minimum atomic E-state index is -0.440. The molecule has 2 atom stereocenters. The Bertz CT molecular complexity index is 658. The van der Waals surface area contributed by atoms with Gasteiger partial charge < -0.3 is 15.1 Å². The number of piperidine rings is 1. The van der Waals surface area contributed by atoms with Crippen LogP contribution >= 0.6 is 0 Å². The van der Waals surface area contributed by atoms with Gasteiger partial charge >= 0.3 is 0 Å². The van der Waals surface area contributed by atoms with Gasteiger partial charge in [-0.05, 0) is 17.9 Å². The van der Waals surface area contributed by atoms with Crippen LogP contribution in [0.3, 0.4) is 0 Å². The number of nitro groups is 1. The smallest absolute Gasteiger partial charge is 0.298 e. The minimum absolute atomic E-state index is 0.0213. The molecule has 0 amide bonds. The standard InChI is InChI=1S/C12H12N4O3/c17-16(18)8-2-1-3-9-11(8)15-12(19-9)14-10-6-4-13-5-7(6)10/h1-3,6-7,10,13H,4-5H2,(H,14,15). The zero-order valence-electron chi connectivity index (χ0n) is 10.00. The molecule has 2 unspecified atom stereocenters. The number of hydrogen-bond acceptors (Lipinski definition) is 6. The van der Waals surface area contributed by atoms with Crippen molar-refractivity contribution in [1.29, 1.82) is 0 Å². The molecule has 98 valence electrons. The van der Waals surface area contributed by atoms with E-state index in [2.05, 4.69) is 15.6 Å². The summed E-state index contributed by atoms with van der Waals surface area (Å²) in [4.78, 5) is 14.7. The number of benzene rings is 1. The zero-order valence-corrected chi connectivity index (χ0v) is 10.00. The summed E-state index contributed by atoms with van der Waals surface area (Å²) in [6, 6.07) is 5.49. The highest BCUT2D eigenvalue weighted by molar-refractivity contribution is 5.84. The molecule has 2 aliphatic rings. The van der Waals surface area contributed by atoms with Crippen LogP contribution in [0.5, 0.6) is 0 Å². The summed E-state index contributed by atoms with van der Waals surface area (Å²) in [7, 11) is 0. The van der Waals surface area contributed by atoms with Crippen LogP contribution in [-0.4, -0.2) is 29.0 Å². The van der Waals surface area contributed by atoms with Crippen molar-refractivity contribution in [3.8, 4) is 0 Å². The molecule has 0 spiro atoms. The fourth-order valence-corrected chi connectivity index (χ4v) is 2.92. The molecule has 19 heavy (non-hydrogen) atoms. The molecule has 4 rings (SSSR count). The molecule has 2 fully saturated rings. The van der Waals surface area contributed by atoms with E-state index < -0.39 is 4.92 Å². The molecule has 0 radical (unpaired) electrons. The quantitative estimate of drug-likeness (QED) is 0.639. The number of non-ortho nitro benzene ring substituents is 1. The largest absolute Gasteiger partial charge is 0.423 e. The van der Waals surface area contributed by atoms with Crippen LogP contribution in [0.25, 0.3) is 11.1 Å². The monoisotopic (exact) mass is 260 g/mol. The number of hydrogen-bond donors (Lipinski definition) is 2. The summed E-state index contributed by atoms with van der Waals surface area (Å²) in [6.45, 7) is 2.03. The second kappa shape index (κ2) is 3.67. The predicted molar refractivity (Wildman–Crippen MR) is 67.9 cm³/mol. The third-order valence-corrected chi connectivity index (χ3v) is 3.98. The van der Waals surface area contributed by atoms with Gasteiger partial charge in [0.2, 0.25) is 0 Å². The number of nitro benzene ring substituents is 1. The molecule has 1 aliphatic heterocycles. The zero-order chi connectivity index (χ0) is 13.0. The van der Waals surface area contributed by atoms with E-state index in [1.54, 1.807) is 12.1 Å². The van der Waals surface area contributed by atoms with Gasteiger partial charge in [0.25, 0.3) is 11.7 Å². The number of nitrogens with zero attached hydrogens (tertiary/aromatic N) is 2. The van der Waals surface area contributed by atoms with Gasteiger partial charge in [-0.15, -0.1) is 0 Å². The summed E-state index contributed by atoms with van der Waals surface area (Å²) in [5, 5.41) is 17.5. The third kappa shape index (κ3) is 1.58. The van der Waals surface area contributed by atoms with Crippen molar-refractivity contribution in [1.82, 2.24) is 10.3 Å². The number of aromatic nitrogens is 1. The average Bonchev–Trinajstić information content (AvgIpc) is 2.82. The van der Waals surface area contributed by atoms with Crippen molar-refractivity contribution < 1.29 is 9.34 Å². The molecule has 7 nitrogen and oxygen atoms in total. The fourth-order valence-electron chi connectivity index (χ4n) is 2.92. The molecule has 2 heterocycles. The van der Waals surface area contributed by atoms with Gasteiger partial charge in [0.15, 0.2) is 11.1 Å². The van der Waals surface area contributed by atoms with Gasteiger partial charge in [0, 0.05) is 25.2 Å². The minimum Gasteiger partial charge on any atom is -0.423 e. The van der Waals surface area contributed by atoms with Gasteiger partial charge in [-0.2, -0.15) is 4.98 Å². The van der Waals surface area contributed by atoms with Crippen molar-refractivity contribution >= 4 is 22.8 Å².